The van der Waals surface area contributed by atoms with E-state index < -0.39 is 8.32 Å². The van der Waals surface area contributed by atoms with Crippen molar-refractivity contribution in [1.82, 2.24) is 0 Å². The first-order chi connectivity index (χ1) is 7.67. The molecular weight excluding hydrogens is 294 g/mol. The second-order valence-corrected chi connectivity index (χ2v) is 11.2. The fourth-order valence-electron chi connectivity index (χ4n) is 1.08. The normalized spacial score (nSPS) is 12.1. The second-order valence-electron chi connectivity index (χ2n) is 5.62. The lowest BCUT2D eigenvalue weighted by molar-refractivity contribution is 0.490. The van der Waals surface area contributed by atoms with Gasteiger partial charge in [-0.05, 0) is 52.3 Å². The summed E-state index contributed by atoms with van der Waals surface area (Å²) in [5, 5.41) is 8.98. The number of hydrogen-bond donors (Lipinski definition) is 0. The van der Waals surface area contributed by atoms with Gasteiger partial charge in [0.05, 0.1) is 16.1 Å². The monoisotopic (exact) mass is 311 g/mol. The van der Waals surface area contributed by atoms with Crippen LogP contribution in [0.4, 0.5) is 0 Å². The molecule has 4 heteroatoms. The highest BCUT2D eigenvalue weighted by Crippen LogP contribution is 2.39. The van der Waals surface area contributed by atoms with E-state index in [0.29, 0.717) is 5.56 Å². The van der Waals surface area contributed by atoms with Gasteiger partial charge < -0.3 is 4.43 Å². The Morgan fingerprint density at radius 3 is 2.29 bits per heavy atom. The van der Waals surface area contributed by atoms with E-state index in [1.54, 1.807) is 12.1 Å². The van der Waals surface area contributed by atoms with E-state index in [1.807, 2.05) is 6.07 Å². The molecule has 0 unspecified atom stereocenters. The molecule has 0 fully saturated rings. The van der Waals surface area contributed by atoms with Crippen LogP contribution in [0.3, 0.4) is 0 Å². The molecule has 0 saturated heterocycles. The number of nitriles is 1. The van der Waals surface area contributed by atoms with E-state index in [2.05, 4.69) is 55.9 Å². The second kappa shape index (κ2) is 4.83. The lowest BCUT2D eigenvalue weighted by atomic mass is 10.2. The van der Waals surface area contributed by atoms with Gasteiger partial charge in [-0.25, -0.2) is 0 Å². The van der Waals surface area contributed by atoms with E-state index in [-0.39, 0.29) is 5.04 Å². The topological polar surface area (TPSA) is 33.0 Å². The summed E-state index contributed by atoms with van der Waals surface area (Å²) < 4.78 is 7.03. The molecule has 0 aliphatic rings. The summed E-state index contributed by atoms with van der Waals surface area (Å²) in [5.74, 6) is 0.829. The van der Waals surface area contributed by atoms with Crippen LogP contribution in [-0.2, 0) is 0 Å². The Labute approximate surface area is 113 Å². The molecule has 17 heavy (non-hydrogen) atoms. The molecule has 0 atom stereocenters. The van der Waals surface area contributed by atoms with Crippen LogP contribution in [0.5, 0.6) is 5.75 Å². The zero-order valence-electron chi connectivity index (χ0n) is 11.0. The maximum Gasteiger partial charge on any atom is 0.250 e. The quantitative estimate of drug-likeness (QED) is 0.741. The molecule has 1 rings (SSSR count). The molecule has 0 radical (unpaired) electrons. The van der Waals surface area contributed by atoms with E-state index >= 15 is 0 Å². The predicted octanol–water partition coefficient (Wildman–Crippen LogP) is 4.70. The Kier molecular flexibility index (Phi) is 4.05. The maximum absolute atomic E-state index is 8.81. The fourth-order valence-corrected chi connectivity index (χ4v) is 2.72. The molecule has 1 aromatic rings. The average Bonchev–Trinajstić information content (AvgIpc) is 2.19. The van der Waals surface area contributed by atoms with Crippen molar-refractivity contribution >= 4 is 24.2 Å². The summed E-state index contributed by atoms with van der Waals surface area (Å²) in [6.45, 7) is 11.0. The molecule has 1 aromatic carbocycles. The zero-order chi connectivity index (χ0) is 13.3. The Morgan fingerprint density at radius 2 is 1.88 bits per heavy atom. The SMILES string of the molecule is CC(C)(C)[Si](C)(C)Oc1ccc(C#N)cc1Br. The minimum atomic E-state index is -1.82. The summed E-state index contributed by atoms with van der Waals surface area (Å²) in [4.78, 5) is 0. The lowest BCUT2D eigenvalue weighted by Crippen LogP contribution is -2.43. The van der Waals surface area contributed by atoms with Crippen molar-refractivity contribution in [1.29, 1.82) is 5.26 Å². The lowest BCUT2D eigenvalue weighted by Gasteiger charge is -2.36. The van der Waals surface area contributed by atoms with Crippen LogP contribution in [0.25, 0.3) is 0 Å². The number of rotatable bonds is 2. The van der Waals surface area contributed by atoms with Crippen LogP contribution < -0.4 is 4.43 Å². The van der Waals surface area contributed by atoms with Crippen molar-refractivity contribution in [3.05, 3.63) is 28.2 Å². The standard InChI is InChI=1S/C13H18BrNOSi/c1-13(2,3)17(4,5)16-12-7-6-10(9-15)8-11(12)14/h6-8H,1-5H3. The molecule has 0 aliphatic heterocycles. The Hall–Kier alpha value is -0.793. The molecule has 92 valence electrons. The number of halogens is 1. The minimum Gasteiger partial charge on any atom is -0.543 e. The van der Waals surface area contributed by atoms with Crippen LogP contribution in [-0.4, -0.2) is 8.32 Å². The van der Waals surface area contributed by atoms with Crippen molar-refractivity contribution in [2.24, 2.45) is 0 Å². The molecular formula is C13H18BrNOSi. The van der Waals surface area contributed by atoms with Gasteiger partial charge in [-0.1, -0.05) is 20.8 Å². The summed E-state index contributed by atoms with van der Waals surface area (Å²) in [5.41, 5.74) is 0.638. The zero-order valence-corrected chi connectivity index (χ0v) is 13.6. The summed E-state index contributed by atoms with van der Waals surface area (Å²) in [6, 6.07) is 7.56. The maximum atomic E-state index is 8.81. The van der Waals surface area contributed by atoms with Crippen molar-refractivity contribution in [2.45, 2.75) is 38.9 Å². The average molecular weight is 312 g/mol. The van der Waals surface area contributed by atoms with E-state index in [0.717, 1.165) is 10.2 Å². The first-order valence-corrected chi connectivity index (χ1v) is 9.26. The predicted molar refractivity (Wildman–Crippen MR) is 76.7 cm³/mol. The molecule has 0 spiro atoms. The summed E-state index contributed by atoms with van der Waals surface area (Å²) in [6.07, 6.45) is 0. The number of hydrogen-bond acceptors (Lipinski definition) is 2. The number of nitrogens with zero attached hydrogens (tertiary/aromatic N) is 1. The summed E-state index contributed by atoms with van der Waals surface area (Å²) in [7, 11) is -1.82. The largest absolute Gasteiger partial charge is 0.543 e. The molecule has 0 saturated carbocycles. The third-order valence-electron chi connectivity index (χ3n) is 3.23. The minimum absolute atomic E-state index is 0.167. The van der Waals surface area contributed by atoms with Gasteiger partial charge in [-0.15, -0.1) is 0 Å². The third kappa shape index (κ3) is 3.33. The number of benzene rings is 1. The van der Waals surface area contributed by atoms with Gasteiger partial charge in [0.15, 0.2) is 0 Å². The van der Waals surface area contributed by atoms with Crippen LogP contribution >= 0.6 is 15.9 Å². The van der Waals surface area contributed by atoms with Crippen LogP contribution in [0, 0.1) is 11.3 Å². The highest BCUT2D eigenvalue weighted by molar-refractivity contribution is 9.10. The van der Waals surface area contributed by atoms with E-state index in [1.165, 1.54) is 0 Å². The Balaban J connectivity index is 3.02. The van der Waals surface area contributed by atoms with Gasteiger partial charge in [-0.2, -0.15) is 5.26 Å². The summed E-state index contributed by atoms with van der Waals surface area (Å²) >= 11 is 3.45. The van der Waals surface area contributed by atoms with Crippen LogP contribution in [0.15, 0.2) is 22.7 Å². The highest BCUT2D eigenvalue weighted by Gasteiger charge is 2.39. The molecule has 0 bridgehead atoms. The van der Waals surface area contributed by atoms with Crippen molar-refractivity contribution < 1.29 is 4.43 Å². The Morgan fingerprint density at radius 1 is 1.29 bits per heavy atom. The van der Waals surface area contributed by atoms with Crippen LogP contribution in [0.2, 0.25) is 18.1 Å². The van der Waals surface area contributed by atoms with Gasteiger partial charge in [0, 0.05) is 0 Å². The van der Waals surface area contributed by atoms with Crippen molar-refractivity contribution in [3.8, 4) is 11.8 Å². The van der Waals surface area contributed by atoms with E-state index in [4.69, 9.17) is 9.69 Å². The van der Waals surface area contributed by atoms with Gasteiger partial charge >= 0.3 is 0 Å². The van der Waals surface area contributed by atoms with Crippen LogP contribution in [0.1, 0.15) is 26.3 Å². The first-order valence-electron chi connectivity index (χ1n) is 5.56. The van der Waals surface area contributed by atoms with Gasteiger partial charge in [0.25, 0.3) is 8.32 Å². The fraction of sp³-hybridized carbons (Fsp3) is 0.462. The van der Waals surface area contributed by atoms with Crippen molar-refractivity contribution in [3.63, 3.8) is 0 Å². The van der Waals surface area contributed by atoms with Gasteiger partial charge in [0.2, 0.25) is 0 Å². The molecule has 0 heterocycles. The highest BCUT2D eigenvalue weighted by atomic mass is 79.9. The molecule has 0 N–H and O–H groups in total. The molecule has 2 nitrogen and oxygen atoms in total. The van der Waals surface area contributed by atoms with Gasteiger partial charge in [-0.3, -0.25) is 0 Å². The van der Waals surface area contributed by atoms with Crippen molar-refractivity contribution in [2.75, 3.05) is 0 Å². The molecule has 0 aromatic heterocycles. The Bertz CT molecular complexity index is 457. The third-order valence-corrected chi connectivity index (χ3v) is 8.19. The van der Waals surface area contributed by atoms with Gasteiger partial charge in [0.1, 0.15) is 5.75 Å². The van der Waals surface area contributed by atoms with E-state index in [9.17, 15) is 0 Å². The smallest absolute Gasteiger partial charge is 0.250 e. The first kappa shape index (κ1) is 14.3. The molecule has 0 aliphatic carbocycles. The molecule has 0 amide bonds.